The van der Waals surface area contributed by atoms with E-state index in [2.05, 4.69) is 9.97 Å². The molecule has 0 aliphatic rings. The van der Waals surface area contributed by atoms with Gasteiger partial charge >= 0.3 is 5.97 Å². The van der Waals surface area contributed by atoms with E-state index in [9.17, 15) is 14.4 Å². The van der Waals surface area contributed by atoms with Gasteiger partial charge in [-0.1, -0.05) is 0 Å². The van der Waals surface area contributed by atoms with Gasteiger partial charge in [-0.25, -0.2) is 9.78 Å². The van der Waals surface area contributed by atoms with Crippen LogP contribution in [0.5, 0.6) is 5.75 Å². The summed E-state index contributed by atoms with van der Waals surface area (Å²) in [4.78, 5) is 44.3. The highest BCUT2D eigenvalue weighted by Crippen LogP contribution is 2.21. The summed E-state index contributed by atoms with van der Waals surface area (Å²) in [5.41, 5.74) is 3.11. The third kappa shape index (κ3) is 5.08. The quantitative estimate of drug-likeness (QED) is 0.406. The van der Waals surface area contributed by atoms with Crippen LogP contribution in [-0.4, -0.2) is 33.6 Å². The smallest absolute Gasteiger partial charge is 0.338 e. The Bertz CT molecular complexity index is 1130. The van der Waals surface area contributed by atoms with Gasteiger partial charge in [-0.05, 0) is 64.4 Å². The van der Waals surface area contributed by atoms with Crippen LogP contribution in [0.2, 0.25) is 0 Å². The van der Waals surface area contributed by atoms with Crippen LogP contribution in [0.15, 0.2) is 29.6 Å². The summed E-state index contributed by atoms with van der Waals surface area (Å²) >= 11 is 1.56. The molecule has 1 atom stereocenters. The molecule has 1 aromatic carbocycles. The first kappa shape index (κ1) is 22.4. The van der Waals surface area contributed by atoms with E-state index >= 15 is 0 Å². The zero-order valence-corrected chi connectivity index (χ0v) is 18.9. The first-order valence-electron chi connectivity index (χ1n) is 9.76. The van der Waals surface area contributed by atoms with E-state index in [-0.39, 0.29) is 17.3 Å². The number of thiazole rings is 1. The number of carbonyl (C=O) groups is 3. The molecule has 0 bridgehead atoms. The number of H-pyrrole nitrogens is 1. The first-order chi connectivity index (χ1) is 14.7. The molecule has 0 spiro atoms. The SMILES string of the molecule is CC(=O)c1c(C)[nH]c(C(=O)C(C)OC(=O)c2ccc(OCc3csc(C)n3)cc2)c1C. The van der Waals surface area contributed by atoms with E-state index in [1.54, 1.807) is 49.4 Å². The number of benzene rings is 1. The Kier molecular flexibility index (Phi) is 6.70. The molecular formula is C23H24N2O5S. The second-order valence-corrected chi connectivity index (χ2v) is 8.33. The molecule has 2 aromatic heterocycles. The average Bonchev–Trinajstić information content (AvgIpc) is 3.27. The summed E-state index contributed by atoms with van der Waals surface area (Å²) in [6.07, 6.45) is -1.01. The highest BCUT2D eigenvalue weighted by atomic mass is 32.1. The van der Waals surface area contributed by atoms with Crippen molar-refractivity contribution in [3.05, 3.63) is 68.4 Å². The number of carbonyl (C=O) groups excluding carboxylic acids is 3. The van der Waals surface area contributed by atoms with E-state index in [0.29, 0.717) is 34.7 Å². The van der Waals surface area contributed by atoms with Crippen molar-refractivity contribution in [2.24, 2.45) is 0 Å². The maximum absolute atomic E-state index is 12.8. The van der Waals surface area contributed by atoms with Gasteiger partial charge in [0.25, 0.3) is 0 Å². The number of aromatic nitrogens is 2. The zero-order valence-electron chi connectivity index (χ0n) is 18.1. The predicted octanol–water partition coefficient (Wildman–Crippen LogP) is 4.61. The normalized spacial score (nSPS) is 11.8. The summed E-state index contributed by atoms with van der Waals surface area (Å²) in [5, 5.41) is 2.91. The van der Waals surface area contributed by atoms with Gasteiger partial charge in [-0.15, -0.1) is 11.3 Å². The molecule has 0 fully saturated rings. The number of aryl methyl sites for hydroxylation is 2. The van der Waals surface area contributed by atoms with E-state index in [0.717, 1.165) is 10.7 Å². The fraction of sp³-hybridized carbons (Fsp3) is 0.304. The highest BCUT2D eigenvalue weighted by molar-refractivity contribution is 7.09. The van der Waals surface area contributed by atoms with Gasteiger partial charge in [0.15, 0.2) is 11.9 Å². The molecule has 0 radical (unpaired) electrons. The van der Waals surface area contributed by atoms with Gasteiger partial charge in [0.1, 0.15) is 12.4 Å². The zero-order chi connectivity index (χ0) is 22.7. The number of nitrogens with one attached hydrogen (secondary N) is 1. The topological polar surface area (TPSA) is 98.3 Å². The van der Waals surface area contributed by atoms with E-state index in [1.807, 2.05) is 12.3 Å². The fourth-order valence-electron chi connectivity index (χ4n) is 3.33. The maximum atomic E-state index is 12.8. The van der Waals surface area contributed by atoms with Crippen LogP contribution in [0.4, 0.5) is 0 Å². The fourth-order valence-corrected chi connectivity index (χ4v) is 3.93. The summed E-state index contributed by atoms with van der Waals surface area (Å²) in [5.74, 6) is -0.530. The van der Waals surface area contributed by atoms with Crippen LogP contribution in [0.1, 0.15) is 67.0 Å². The lowest BCUT2D eigenvalue weighted by Gasteiger charge is -2.12. The molecule has 0 aliphatic heterocycles. The van der Waals surface area contributed by atoms with Crippen LogP contribution in [-0.2, 0) is 11.3 Å². The summed E-state index contributed by atoms with van der Waals surface area (Å²) in [6.45, 7) is 8.67. The second-order valence-electron chi connectivity index (χ2n) is 7.26. The molecular weight excluding hydrogens is 416 g/mol. The number of hydrogen-bond donors (Lipinski definition) is 1. The van der Waals surface area contributed by atoms with Gasteiger partial charge in [0, 0.05) is 16.6 Å². The highest BCUT2D eigenvalue weighted by Gasteiger charge is 2.26. The molecule has 0 saturated heterocycles. The third-order valence-corrected chi connectivity index (χ3v) is 5.65. The van der Waals surface area contributed by atoms with Crippen molar-refractivity contribution in [2.75, 3.05) is 0 Å². The van der Waals surface area contributed by atoms with Crippen LogP contribution in [0.25, 0.3) is 0 Å². The van der Waals surface area contributed by atoms with Gasteiger partial charge in [-0.2, -0.15) is 0 Å². The van der Waals surface area contributed by atoms with Gasteiger partial charge in [0.05, 0.1) is 22.0 Å². The summed E-state index contributed by atoms with van der Waals surface area (Å²) < 4.78 is 11.0. The van der Waals surface area contributed by atoms with Crippen LogP contribution in [0.3, 0.4) is 0 Å². The van der Waals surface area contributed by atoms with Gasteiger partial charge in [-0.3, -0.25) is 9.59 Å². The number of esters is 1. The Morgan fingerprint density at radius 2 is 1.81 bits per heavy atom. The van der Waals surface area contributed by atoms with Gasteiger partial charge < -0.3 is 14.5 Å². The summed E-state index contributed by atoms with van der Waals surface area (Å²) in [7, 11) is 0. The molecule has 7 nitrogen and oxygen atoms in total. The Hall–Kier alpha value is -3.26. The largest absolute Gasteiger partial charge is 0.487 e. The maximum Gasteiger partial charge on any atom is 0.338 e. The Labute approximate surface area is 184 Å². The summed E-state index contributed by atoms with van der Waals surface area (Å²) in [6, 6.07) is 6.50. The minimum absolute atomic E-state index is 0.123. The molecule has 0 aliphatic carbocycles. The molecule has 0 amide bonds. The minimum atomic E-state index is -1.01. The first-order valence-corrected chi connectivity index (χ1v) is 10.6. The second kappa shape index (κ2) is 9.26. The standard InChI is InChI=1S/C23H24N2O5S/c1-12-20(14(3)26)13(2)24-21(12)22(27)15(4)30-23(28)17-6-8-19(9-7-17)29-10-18-11-31-16(5)25-18/h6-9,11,15,24H,10H2,1-5H3. The lowest BCUT2D eigenvalue weighted by atomic mass is 10.0. The van der Waals surface area contributed by atoms with Crippen molar-refractivity contribution in [3.8, 4) is 5.75 Å². The molecule has 31 heavy (non-hydrogen) atoms. The van der Waals surface area contributed by atoms with Crippen molar-refractivity contribution in [2.45, 2.75) is 47.3 Å². The molecule has 8 heteroatoms. The van der Waals surface area contributed by atoms with Crippen molar-refractivity contribution < 1.29 is 23.9 Å². The van der Waals surface area contributed by atoms with Crippen LogP contribution in [0, 0.1) is 20.8 Å². The third-order valence-electron chi connectivity index (χ3n) is 4.83. The van der Waals surface area contributed by atoms with Crippen molar-refractivity contribution in [3.63, 3.8) is 0 Å². The predicted molar refractivity (Wildman–Crippen MR) is 117 cm³/mol. The average molecular weight is 441 g/mol. The number of Topliss-reactive ketones (excluding diaryl/α,β-unsaturated/α-hetero) is 2. The van der Waals surface area contributed by atoms with E-state index < -0.39 is 12.1 Å². The molecule has 1 N–H and O–H groups in total. The van der Waals surface area contributed by atoms with Crippen molar-refractivity contribution in [1.82, 2.24) is 9.97 Å². The van der Waals surface area contributed by atoms with Crippen LogP contribution >= 0.6 is 11.3 Å². The Morgan fingerprint density at radius 3 is 2.35 bits per heavy atom. The minimum Gasteiger partial charge on any atom is -0.487 e. The van der Waals surface area contributed by atoms with Crippen molar-refractivity contribution >= 4 is 28.9 Å². The lowest BCUT2D eigenvalue weighted by molar-refractivity contribution is 0.0317. The number of hydrogen-bond acceptors (Lipinski definition) is 7. The van der Waals surface area contributed by atoms with Crippen molar-refractivity contribution in [1.29, 1.82) is 0 Å². The van der Waals surface area contributed by atoms with Gasteiger partial charge in [0.2, 0.25) is 5.78 Å². The molecule has 3 aromatic rings. The molecule has 2 heterocycles. The lowest BCUT2D eigenvalue weighted by Crippen LogP contribution is -2.25. The Balaban J connectivity index is 1.62. The number of ether oxygens (including phenoxy) is 2. The molecule has 1 unspecified atom stereocenters. The number of aromatic amines is 1. The van der Waals surface area contributed by atoms with E-state index in [1.165, 1.54) is 13.8 Å². The molecule has 0 saturated carbocycles. The monoisotopic (exact) mass is 440 g/mol. The Morgan fingerprint density at radius 1 is 1.13 bits per heavy atom. The number of nitrogens with zero attached hydrogens (tertiary/aromatic N) is 1. The number of ketones is 2. The molecule has 3 rings (SSSR count). The number of rotatable bonds is 8. The van der Waals surface area contributed by atoms with E-state index in [4.69, 9.17) is 9.47 Å². The van der Waals surface area contributed by atoms with Crippen LogP contribution < -0.4 is 4.74 Å². The molecule has 162 valence electrons.